The molecule has 20 heavy (non-hydrogen) atoms. The number of allylic oxidation sites excluding steroid dienone is 4. The maximum absolute atomic E-state index is 12.0. The standard InChI is InChI=1S/C16H22O4/c1-4-10-19-15(17)13-8-6-12(3)7-9-14(13)16(18)20-11-5-2/h6,8-9H,4-5,7,10-11H2,1-3H3. The first-order chi connectivity index (χ1) is 9.60. The molecule has 0 radical (unpaired) electrons. The van der Waals surface area contributed by atoms with Crippen molar-refractivity contribution in [3.8, 4) is 0 Å². The molecule has 0 N–H and O–H groups in total. The molecule has 0 aromatic heterocycles. The molecule has 0 amide bonds. The van der Waals surface area contributed by atoms with Gasteiger partial charge in [0.15, 0.2) is 0 Å². The molecule has 0 spiro atoms. The van der Waals surface area contributed by atoms with Crippen LogP contribution in [0.15, 0.2) is 34.9 Å². The average molecular weight is 278 g/mol. The van der Waals surface area contributed by atoms with Gasteiger partial charge in [0.1, 0.15) is 0 Å². The van der Waals surface area contributed by atoms with Gasteiger partial charge in [-0.2, -0.15) is 0 Å². The van der Waals surface area contributed by atoms with Crippen LogP contribution in [0.3, 0.4) is 0 Å². The van der Waals surface area contributed by atoms with Gasteiger partial charge in [-0.1, -0.05) is 31.6 Å². The molecule has 0 saturated carbocycles. The van der Waals surface area contributed by atoms with Gasteiger partial charge in [0.2, 0.25) is 0 Å². The molecular formula is C16H22O4. The van der Waals surface area contributed by atoms with E-state index >= 15 is 0 Å². The topological polar surface area (TPSA) is 52.6 Å². The number of rotatable bonds is 6. The number of carbonyl (C=O) groups is 2. The molecule has 4 nitrogen and oxygen atoms in total. The first-order valence-electron chi connectivity index (χ1n) is 7.02. The van der Waals surface area contributed by atoms with Crippen molar-refractivity contribution < 1.29 is 19.1 Å². The Kier molecular flexibility index (Phi) is 6.77. The number of ether oxygens (including phenoxy) is 2. The zero-order valence-corrected chi connectivity index (χ0v) is 12.4. The Morgan fingerprint density at radius 1 is 1.00 bits per heavy atom. The Hall–Kier alpha value is -1.84. The molecule has 0 fully saturated rings. The van der Waals surface area contributed by atoms with Crippen LogP contribution in [0, 0.1) is 0 Å². The van der Waals surface area contributed by atoms with Gasteiger partial charge >= 0.3 is 11.9 Å². The molecule has 1 aliphatic rings. The summed E-state index contributed by atoms with van der Waals surface area (Å²) in [5.41, 5.74) is 1.65. The Labute approximate surface area is 120 Å². The lowest BCUT2D eigenvalue weighted by Gasteiger charge is -2.10. The molecule has 0 heterocycles. The lowest BCUT2D eigenvalue weighted by Crippen LogP contribution is -2.17. The number of hydrogen-bond donors (Lipinski definition) is 0. The van der Waals surface area contributed by atoms with E-state index < -0.39 is 11.9 Å². The van der Waals surface area contributed by atoms with E-state index in [2.05, 4.69) is 0 Å². The minimum Gasteiger partial charge on any atom is -0.462 e. The number of esters is 2. The summed E-state index contributed by atoms with van der Waals surface area (Å²) in [5, 5.41) is 0. The number of carbonyl (C=O) groups excluding carboxylic acids is 2. The highest BCUT2D eigenvalue weighted by atomic mass is 16.5. The van der Waals surface area contributed by atoms with Crippen LogP contribution in [-0.4, -0.2) is 25.2 Å². The van der Waals surface area contributed by atoms with E-state index in [9.17, 15) is 9.59 Å². The molecule has 0 unspecified atom stereocenters. The lowest BCUT2D eigenvalue weighted by molar-refractivity contribution is -0.142. The Morgan fingerprint density at radius 3 is 2.10 bits per heavy atom. The molecule has 4 heteroatoms. The van der Waals surface area contributed by atoms with Crippen LogP contribution in [0.4, 0.5) is 0 Å². The van der Waals surface area contributed by atoms with Crippen LogP contribution in [0.2, 0.25) is 0 Å². The second-order valence-electron chi connectivity index (χ2n) is 4.69. The molecule has 0 saturated heterocycles. The average Bonchev–Trinajstić information content (AvgIpc) is 2.64. The van der Waals surface area contributed by atoms with Crippen molar-refractivity contribution in [3.05, 3.63) is 34.9 Å². The highest BCUT2D eigenvalue weighted by Crippen LogP contribution is 2.21. The maximum Gasteiger partial charge on any atom is 0.338 e. The van der Waals surface area contributed by atoms with Crippen molar-refractivity contribution >= 4 is 11.9 Å². The van der Waals surface area contributed by atoms with Gasteiger partial charge < -0.3 is 9.47 Å². The number of hydrogen-bond acceptors (Lipinski definition) is 4. The minimum absolute atomic E-state index is 0.274. The van der Waals surface area contributed by atoms with E-state index in [1.165, 1.54) is 0 Å². The predicted octanol–water partition coefficient (Wildman–Crippen LogP) is 3.10. The Balaban J connectivity index is 2.93. The van der Waals surface area contributed by atoms with E-state index in [4.69, 9.17) is 9.47 Å². The Bertz CT molecular complexity index is 455. The van der Waals surface area contributed by atoms with Gasteiger partial charge in [0.05, 0.1) is 24.4 Å². The third-order valence-electron chi connectivity index (χ3n) is 2.77. The van der Waals surface area contributed by atoms with Crippen molar-refractivity contribution in [2.75, 3.05) is 13.2 Å². The monoisotopic (exact) mass is 278 g/mol. The molecule has 1 aliphatic carbocycles. The summed E-state index contributed by atoms with van der Waals surface area (Å²) in [6.07, 6.45) is 7.31. The second-order valence-corrected chi connectivity index (χ2v) is 4.69. The van der Waals surface area contributed by atoms with Crippen molar-refractivity contribution in [2.24, 2.45) is 0 Å². The van der Waals surface area contributed by atoms with Gasteiger partial charge in [0, 0.05) is 0 Å². The van der Waals surface area contributed by atoms with Gasteiger partial charge in [-0.3, -0.25) is 0 Å². The quantitative estimate of drug-likeness (QED) is 0.701. The summed E-state index contributed by atoms with van der Waals surface area (Å²) < 4.78 is 10.2. The van der Waals surface area contributed by atoms with Crippen LogP contribution >= 0.6 is 0 Å². The highest BCUT2D eigenvalue weighted by molar-refractivity contribution is 6.07. The van der Waals surface area contributed by atoms with Crippen molar-refractivity contribution in [3.63, 3.8) is 0 Å². The minimum atomic E-state index is -0.475. The second kappa shape index (κ2) is 8.35. The van der Waals surface area contributed by atoms with Gasteiger partial charge in [-0.05, 0) is 32.3 Å². The fourth-order valence-corrected chi connectivity index (χ4v) is 1.67. The molecule has 1 rings (SSSR count). The van der Waals surface area contributed by atoms with Crippen LogP contribution in [0.1, 0.15) is 40.0 Å². The third-order valence-corrected chi connectivity index (χ3v) is 2.77. The predicted molar refractivity (Wildman–Crippen MR) is 77.0 cm³/mol. The molecule has 0 bridgehead atoms. The molecule has 0 aliphatic heterocycles. The summed E-state index contributed by atoms with van der Waals surface area (Å²) in [7, 11) is 0. The van der Waals surface area contributed by atoms with E-state index in [1.54, 1.807) is 12.2 Å². The fraction of sp³-hybridized carbons (Fsp3) is 0.500. The summed E-state index contributed by atoms with van der Waals surface area (Å²) in [6.45, 7) is 6.48. The highest BCUT2D eigenvalue weighted by Gasteiger charge is 2.23. The van der Waals surface area contributed by atoms with E-state index in [0.717, 1.165) is 18.4 Å². The summed E-state index contributed by atoms with van der Waals surface area (Å²) in [4.78, 5) is 24.1. The van der Waals surface area contributed by atoms with Gasteiger partial charge in [-0.25, -0.2) is 9.59 Å². The summed E-state index contributed by atoms with van der Waals surface area (Å²) >= 11 is 0. The van der Waals surface area contributed by atoms with Crippen LogP contribution < -0.4 is 0 Å². The van der Waals surface area contributed by atoms with Crippen LogP contribution in [0.25, 0.3) is 0 Å². The lowest BCUT2D eigenvalue weighted by atomic mass is 10.1. The normalized spacial score (nSPS) is 14.7. The summed E-state index contributed by atoms with van der Waals surface area (Å²) in [5.74, 6) is -0.938. The van der Waals surface area contributed by atoms with Crippen molar-refractivity contribution in [1.82, 2.24) is 0 Å². The largest absolute Gasteiger partial charge is 0.462 e. The zero-order valence-electron chi connectivity index (χ0n) is 12.4. The maximum atomic E-state index is 12.0. The van der Waals surface area contributed by atoms with Crippen molar-refractivity contribution in [2.45, 2.75) is 40.0 Å². The van der Waals surface area contributed by atoms with Crippen molar-refractivity contribution in [1.29, 1.82) is 0 Å². The third kappa shape index (κ3) is 4.68. The molecule has 110 valence electrons. The molecule has 0 aromatic carbocycles. The van der Waals surface area contributed by atoms with Gasteiger partial charge in [0.25, 0.3) is 0 Å². The first kappa shape index (κ1) is 16.2. The SMILES string of the molecule is CCCOC(=O)C1=CC=C(C)CC=C1C(=O)OCCC. The smallest absolute Gasteiger partial charge is 0.338 e. The molecule has 0 atom stereocenters. The molecule has 0 aromatic rings. The summed E-state index contributed by atoms with van der Waals surface area (Å²) in [6, 6.07) is 0. The van der Waals surface area contributed by atoms with E-state index in [0.29, 0.717) is 25.2 Å². The molecular weight excluding hydrogens is 256 g/mol. The van der Waals surface area contributed by atoms with Crippen LogP contribution in [0.5, 0.6) is 0 Å². The Morgan fingerprint density at radius 2 is 1.55 bits per heavy atom. The fourth-order valence-electron chi connectivity index (χ4n) is 1.67. The van der Waals surface area contributed by atoms with E-state index in [1.807, 2.05) is 26.8 Å². The first-order valence-corrected chi connectivity index (χ1v) is 7.02. The van der Waals surface area contributed by atoms with Gasteiger partial charge in [-0.15, -0.1) is 0 Å². The zero-order chi connectivity index (χ0) is 15.0. The van der Waals surface area contributed by atoms with E-state index in [-0.39, 0.29) is 5.57 Å². The van der Waals surface area contributed by atoms with Crippen LogP contribution in [-0.2, 0) is 19.1 Å².